The van der Waals surface area contributed by atoms with Crippen molar-refractivity contribution in [2.24, 2.45) is 0 Å². The van der Waals surface area contributed by atoms with E-state index in [1.165, 1.54) is 7.11 Å². The Morgan fingerprint density at radius 1 is 1.38 bits per heavy atom. The number of hydrogen-bond donors (Lipinski definition) is 0. The molecule has 0 amide bonds. The van der Waals surface area contributed by atoms with Gasteiger partial charge >= 0.3 is 5.97 Å². The molecule has 4 nitrogen and oxygen atoms in total. The Balaban J connectivity index is 2.53. The summed E-state index contributed by atoms with van der Waals surface area (Å²) in [5.41, 5.74) is 2.31. The molecule has 1 heterocycles. The van der Waals surface area contributed by atoms with Gasteiger partial charge in [-0.3, -0.25) is 0 Å². The van der Waals surface area contributed by atoms with Gasteiger partial charge in [0.05, 0.1) is 18.4 Å². The molecule has 16 heavy (non-hydrogen) atoms. The van der Waals surface area contributed by atoms with E-state index in [0.29, 0.717) is 5.56 Å². The van der Waals surface area contributed by atoms with Gasteiger partial charge in [0.15, 0.2) is 0 Å². The van der Waals surface area contributed by atoms with E-state index in [9.17, 15) is 4.79 Å². The fourth-order valence-corrected chi connectivity index (χ4v) is 1.61. The molecule has 82 valence electrons. The van der Waals surface area contributed by atoms with E-state index >= 15 is 0 Å². The summed E-state index contributed by atoms with van der Waals surface area (Å²) in [5, 5.41) is 4.14. The molecule has 0 saturated carbocycles. The lowest BCUT2D eigenvalue weighted by Gasteiger charge is -2.09. The van der Waals surface area contributed by atoms with Gasteiger partial charge in [0.1, 0.15) is 0 Å². The van der Waals surface area contributed by atoms with Gasteiger partial charge in [-0.1, -0.05) is 6.07 Å². The first kappa shape index (κ1) is 10.4. The third kappa shape index (κ3) is 1.69. The van der Waals surface area contributed by atoms with Crippen LogP contribution in [0.1, 0.15) is 15.9 Å². The van der Waals surface area contributed by atoms with Crippen LogP contribution in [0.4, 0.5) is 0 Å². The third-order valence-electron chi connectivity index (χ3n) is 2.46. The number of ether oxygens (including phenoxy) is 1. The fourth-order valence-electron chi connectivity index (χ4n) is 1.61. The van der Waals surface area contributed by atoms with Crippen LogP contribution >= 0.6 is 0 Å². The average molecular weight is 216 g/mol. The highest BCUT2D eigenvalue weighted by Gasteiger charge is 2.12. The van der Waals surface area contributed by atoms with Crippen LogP contribution in [0.2, 0.25) is 0 Å². The van der Waals surface area contributed by atoms with Gasteiger partial charge < -0.3 is 4.74 Å². The lowest BCUT2D eigenvalue weighted by molar-refractivity contribution is 0.0600. The summed E-state index contributed by atoms with van der Waals surface area (Å²) in [7, 11) is 1.38. The molecule has 0 aliphatic heterocycles. The van der Waals surface area contributed by atoms with Gasteiger partial charge in [0.2, 0.25) is 0 Å². The smallest absolute Gasteiger partial charge is 0.338 e. The first-order valence-electron chi connectivity index (χ1n) is 4.92. The van der Waals surface area contributed by atoms with Crippen LogP contribution in [0.15, 0.2) is 36.7 Å². The van der Waals surface area contributed by atoms with Crippen LogP contribution in [0.5, 0.6) is 0 Å². The molecule has 0 bridgehead atoms. The maximum atomic E-state index is 11.5. The highest BCUT2D eigenvalue weighted by atomic mass is 16.5. The fraction of sp³-hybridized carbons (Fsp3) is 0.167. The minimum Gasteiger partial charge on any atom is -0.465 e. The van der Waals surface area contributed by atoms with Crippen molar-refractivity contribution in [3.05, 3.63) is 47.8 Å². The minimum absolute atomic E-state index is 0.327. The quantitative estimate of drug-likeness (QED) is 0.721. The van der Waals surface area contributed by atoms with E-state index in [-0.39, 0.29) is 5.97 Å². The largest absolute Gasteiger partial charge is 0.465 e. The summed E-state index contributed by atoms with van der Waals surface area (Å²) in [6.45, 7) is 1.88. The van der Waals surface area contributed by atoms with Crippen LogP contribution in [-0.2, 0) is 4.74 Å². The van der Waals surface area contributed by atoms with Gasteiger partial charge in [-0.2, -0.15) is 5.10 Å². The van der Waals surface area contributed by atoms with Gasteiger partial charge in [-0.05, 0) is 30.7 Å². The van der Waals surface area contributed by atoms with Crippen LogP contribution in [0.25, 0.3) is 5.69 Å². The molecule has 0 radical (unpaired) electrons. The second-order valence-electron chi connectivity index (χ2n) is 3.39. The van der Waals surface area contributed by atoms with Crippen molar-refractivity contribution < 1.29 is 9.53 Å². The summed E-state index contributed by atoms with van der Waals surface area (Å²) < 4.78 is 6.44. The van der Waals surface area contributed by atoms with E-state index in [4.69, 9.17) is 4.74 Å². The zero-order valence-electron chi connectivity index (χ0n) is 9.18. The number of hydrogen-bond acceptors (Lipinski definition) is 3. The standard InChI is InChI=1S/C12H12N2O2/c1-9-10(12(15)16-2)5-3-6-11(9)14-8-4-7-13-14/h3-8H,1-2H3. The first-order valence-corrected chi connectivity index (χ1v) is 4.92. The van der Waals surface area contributed by atoms with Gasteiger partial charge in [0.25, 0.3) is 0 Å². The van der Waals surface area contributed by atoms with E-state index in [2.05, 4.69) is 5.10 Å². The minimum atomic E-state index is -0.327. The highest BCUT2D eigenvalue weighted by Crippen LogP contribution is 2.17. The predicted octanol–water partition coefficient (Wildman–Crippen LogP) is 1.97. The Bertz CT molecular complexity index is 504. The maximum absolute atomic E-state index is 11.5. The summed E-state index contributed by atoms with van der Waals surface area (Å²) in [5.74, 6) is -0.327. The zero-order chi connectivity index (χ0) is 11.5. The van der Waals surface area contributed by atoms with Crippen LogP contribution in [0.3, 0.4) is 0 Å². The normalized spacial score (nSPS) is 10.1. The van der Waals surface area contributed by atoms with Crippen molar-refractivity contribution in [3.8, 4) is 5.69 Å². The second kappa shape index (κ2) is 4.18. The molecule has 0 saturated heterocycles. The summed E-state index contributed by atoms with van der Waals surface area (Å²) >= 11 is 0. The molecule has 2 rings (SSSR count). The SMILES string of the molecule is COC(=O)c1cccc(-n2cccn2)c1C. The Kier molecular flexibility index (Phi) is 2.72. The Labute approximate surface area is 93.5 Å². The molecule has 2 aromatic rings. The Morgan fingerprint density at radius 2 is 2.19 bits per heavy atom. The van der Waals surface area contributed by atoms with Crippen molar-refractivity contribution in [2.45, 2.75) is 6.92 Å². The number of nitrogens with zero attached hydrogens (tertiary/aromatic N) is 2. The summed E-state index contributed by atoms with van der Waals surface area (Å²) in [6.07, 6.45) is 3.54. The summed E-state index contributed by atoms with van der Waals surface area (Å²) in [6, 6.07) is 7.31. The van der Waals surface area contributed by atoms with Crippen LogP contribution in [-0.4, -0.2) is 22.9 Å². The van der Waals surface area contributed by atoms with Crippen molar-refractivity contribution in [1.29, 1.82) is 0 Å². The topological polar surface area (TPSA) is 44.1 Å². The lowest BCUT2D eigenvalue weighted by atomic mass is 10.1. The maximum Gasteiger partial charge on any atom is 0.338 e. The molecule has 0 aliphatic rings. The van der Waals surface area contributed by atoms with Crippen molar-refractivity contribution in [2.75, 3.05) is 7.11 Å². The number of carbonyl (C=O) groups is 1. The number of benzene rings is 1. The molecule has 0 atom stereocenters. The van der Waals surface area contributed by atoms with Gasteiger partial charge in [0, 0.05) is 12.4 Å². The molecule has 0 N–H and O–H groups in total. The number of carbonyl (C=O) groups excluding carboxylic acids is 1. The molecule has 0 spiro atoms. The summed E-state index contributed by atoms with van der Waals surface area (Å²) in [4.78, 5) is 11.5. The molecular formula is C12H12N2O2. The number of aromatic nitrogens is 2. The highest BCUT2D eigenvalue weighted by molar-refractivity contribution is 5.91. The van der Waals surface area contributed by atoms with E-state index in [0.717, 1.165) is 11.3 Å². The van der Waals surface area contributed by atoms with E-state index in [1.807, 2.05) is 31.3 Å². The van der Waals surface area contributed by atoms with E-state index in [1.54, 1.807) is 16.9 Å². The lowest BCUT2D eigenvalue weighted by Crippen LogP contribution is -2.07. The van der Waals surface area contributed by atoms with Gasteiger partial charge in [-0.25, -0.2) is 9.48 Å². The predicted molar refractivity (Wildman–Crippen MR) is 59.6 cm³/mol. The molecular weight excluding hydrogens is 204 g/mol. The zero-order valence-corrected chi connectivity index (χ0v) is 9.18. The van der Waals surface area contributed by atoms with Crippen LogP contribution in [0, 0.1) is 6.92 Å². The number of methoxy groups -OCH3 is 1. The molecule has 0 fully saturated rings. The third-order valence-corrected chi connectivity index (χ3v) is 2.46. The molecule has 0 unspecified atom stereocenters. The number of rotatable bonds is 2. The first-order chi connectivity index (χ1) is 7.74. The monoisotopic (exact) mass is 216 g/mol. The van der Waals surface area contributed by atoms with Crippen molar-refractivity contribution >= 4 is 5.97 Å². The average Bonchev–Trinajstić information content (AvgIpc) is 2.82. The second-order valence-corrected chi connectivity index (χ2v) is 3.39. The Morgan fingerprint density at radius 3 is 2.81 bits per heavy atom. The molecule has 1 aromatic carbocycles. The van der Waals surface area contributed by atoms with Gasteiger partial charge in [-0.15, -0.1) is 0 Å². The molecule has 4 heteroatoms. The van der Waals surface area contributed by atoms with Crippen LogP contribution < -0.4 is 0 Å². The molecule has 0 aliphatic carbocycles. The van der Waals surface area contributed by atoms with E-state index < -0.39 is 0 Å². The van der Waals surface area contributed by atoms with Crippen molar-refractivity contribution in [1.82, 2.24) is 9.78 Å². The Hall–Kier alpha value is -2.10. The molecule has 1 aromatic heterocycles. The number of esters is 1. The van der Waals surface area contributed by atoms with Crippen molar-refractivity contribution in [3.63, 3.8) is 0 Å².